The van der Waals surface area contributed by atoms with Crippen LogP contribution in [-0.2, 0) is 6.61 Å². The van der Waals surface area contributed by atoms with Crippen molar-refractivity contribution in [3.63, 3.8) is 0 Å². The van der Waals surface area contributed by atoms with Crippen LogP contribution in [0.3, 0.4) is 0 Å². The summed E-state index contributed by atoms with van der Waals surface area (Å²) in [7, 11) is 2.13. The lowest BCUT2D eigenvalue weighted by Gasteiger charge is -2.35. The summed E-state index contributed by atoms with van der Waals surface area (Å²) in [5.74, 6) is 1.86. The molecule has 0 amide bonds. The number of aliphatic hydroxyl groups excluding tert-OH is 1. The predicted octanol–water partition coefficient (Wildman–Crippen LogP) is 3.29. The second-order valence-electron chi connectivity index (χ2n) is 5.79. The topological polar surface area (TPSA) is 40.8 Å². The highest BCUT2D eigenvalue weighted by atomic mass is 32.1. The molecule has 1 saturated carbocycles. The average molecular weight is 293 g/mol. The Labute approximate surface area is 124 Å². The summed E-state index contributed by atoms with van der Waals surface area (Å²) in [6.07, 6.45) is 8.42. The zero-order valence-corrected chi connectivity index (χ0v) is 13.1. The van der Waals surface area contributed by atoms with E-state index >= 15 is 0 Å². The molecular formula is C15H23N3OS. The van der Waals surface area contributed by atoms with Crippen molar-refractivity contribution < 1.29 is 5.11 Å². The minimum atomic E-state index is 0.0435. The first kappa shape index (κ1) is 13.9. The third kappa shape index (κ3) is 2.33. The third-order valence-corrected chi connectivity index (χ3v) is 5.52. The number of aliphatic hydroxyl groups is 1. The van der Waals surface area contributed by atoms with Gasteiger partial charge in [0.05, 0.1) is 12.3 Å². The van der Waals surface area contributed by atoms with E-state index in [9.17, 15) is 5.11 Å². The quantitative estimate of drug-likeness (QED) is 0.940. The van der Waals surface area contributed by atoms with Gasteiger partial charge in [-0.3, -0.25) is 4.40 Å². The van der Waals surface area contributed by atoms with Crippen molar-refractivity contribution in [3.05, 3.63) is 17.3 Å². The van der Waals surface area contributed by atoms with Gasteiger partial charge in [0.1, 0.15) is 0 Å². The monoisotopic (exact) mass is 293 g/mol. The van der Waals surface area contributed by atoms with E-state index in [1.54, 1.807) is 11.3 Å². The molecule has 110 valence electrons. The average Bonchev–Trinajstić information content (AvgIpc) is 3.06. The lowest BCUT2D eigenvalue weighted by molar-refractivity contribution is 0.274. The van der Waals surface area contributed by atoms with Crippen LogP contribution in [0.5, 0.6) is 0 Å². The number of rotatable bonds is 4. The first-order chi connectivity index (χ1) is 9.74. The molecule has 0 atom stereocenters. The van der Waals surface area contributed by atoms with E-state index in [0.29, 0.717) is 6.04 Å². The molecule has 1 fully saturated rings. The second kappa shape index (κ2) is 5.74. The molecule has 1 aliphatic carbocycles. The molecule has 0 bridgehead atoms. The van der Waals surface area contributed by atoms with Gasteiger partial charge < -0.3 is 10.0 Å². The summed E-state index contributed by atoms with van der Waals surface area (Å²) in [4.78, 5) is 7.96. The fourth-order valence-corrected chi connectivity index (χ4v) is 4.09. The van der Waals surface area contributed by atoms with Crippen LogP contribution in [0.1, 0.15) is 44.7 Å². The number of fused-ring (bicyclic) bond motifs is 1. The number of thiazole rings is 1. The van der Waals surface area contributed by atoms with Gasteiger partial charge in [-0.05, 0) is 31.6 Å². The largest absolute Gasteiger partial charge is 0.390 e. The molecular weight excluding hydrogens is 270 g/mol. The van der Waals surface area contributed by atoms with E-state index < -0.39 is 0 Å². The number of imidazole rings is 1. The molecule has 0 saturated heterocycles. The van der Waals surface area contributed by atoms with Gasteiger partial charge >= 0.3 is 0 Å². The van der Waals surface area contributed by atoms with Crippen LogP contribution < -0.4 is 4.90 Å². The summed E-state index contributed by atoms with van der Waals surface area (Å²) in [5.41, 5.74) is 0.918. The van der Waals surface area contributed by atoms with Gasteiger partial charge in [0.2, 0.25) is 0 Å². The number of hydrogen-bond acceptors (Lipinski definition) is 4. The maximum atomic E-state index is 9.67. The molecule has 2 aromatic rings. The molecule has 5 heteroatoms. The highest BCUT2D eigenvalue weighted by Gasteiger charge is 2.26. The zero-order chi connectivity index (χ0) is 14.1. The van der Waals surface area contributed by atoms with Gasteiger partial charge in [-0.25, -0.2) is 4.98 Å². The molecule has 0 spiro atoms. The Bertz CT molecular complexity index is 569. The van der Waals surface area contributed by atoms with Crippen molar-refractivity contribution in [1.82, 2.24) is 9.38 Å². The maximum Gasteiger partial charge on any atom is 0.195 e. The van der Waals surface area contributed by atoms with E-state index in [-0.39, 0.29) is 6.61 Å². The zero-order valence-electron chi connectivity index (χ0n) is 12.2. The van der Waals surface area contributed by atoms with Crippen molar-refractivity contribution in [2.45, 2.75) is 51.7 Å². The Morgan fingerprint density at radius 1 is 1.40 bits per heavy atom. The van der Waals surface area contributed by atoms with Gasteiger partial charge in [0, 0.05) is 24.7 Å². The Hall–Kier alpha value is -1.07. The van der Waals surface area contributed by atoms with Crippen LogP contribution in [0.4, 0.5) is 5.82 Å². The predicted molar refractivity (Wildman–Crippen MR) is 83.4 cm³/mol. The highest BCUT2D eigenvalue weighted by Crippen LogP contribution is 2.33. The van der Waals surface area contributed by atoms with Crippen molar-refractivity contribution in [3.8, 4) is 0 Å². The lowest BCUT2D eigenvalue weighted by Crippen LogP contribution is -2.36. The maximum absolute atomic E-state index is 9.67. The molecule has 2 aromatic heterocycles. The molecule has 2 heterocycles. The van der Waals surface area contributed by atoms with E-state index in [0.717, 1.165) is 22.4 Å². The summed E-state index contributed by atoms with van der Waals surface area (Å²) < 4.78 is 2.01. The van der Waals surface area contributed by atoms with Crippen molar-refractivity contribution in [1.29, 1.82) is 0 Å². The first-order valence-corrected chi connectivity index (χ1v) is 8.40. The van der Waals surface area contributed by atoms with Crippen LogP contribution in [0.25, 0.3) is 4.96 Å². The molecule has 0 aromatic carbocycles. The first-order valence-electron chi connectivity index (χ1n) is 7.52. The number of anilines is 1. The summed E-state index contributed by atoms with van der Waals surface area (Å²) in [5, 5.41) is 11.7. The summed E-state index contributed by atoms with van der Waals surface area (Å²) in [6, 6.07) is 0.563. The molecule has 4 nitrogen and oxygen atoms in total. The normalized spacial score (nSPS) is 23.4. The van der Waals surface area contributed by atoms with E-state index in [4.69, 9.17) is 4.98 Å². The SMILES string of the molecule is CCC1CCC(N(C)c2nc3sccn3c2CO)CC1. The summed E-state index contributed by atoms with van der Waals surface area (Å²) >= 11 is 1.62. The minimum absolute atomic E-state index is 0.0435. The standard InChI is InChI=1S/C15H23N3OS/c1-3-11-4-6-12(7-5-11)17(2)14-13(10-19)18-8-9-20-15(18)16-14/h8-9,11-12,19H,3-7,10H2,1-2H3. The van der Waals surface area contributed by atoms with Crippen LogP contribution in [-0.4, -0.2) is 27.6 Å². The molecule has 20 heavy (non-hydrogen) atoms. The Kier molecular flexibility index (Phi) is 3.98. The van der Waals surface area contributed by atoms with Gasteiger partial charge in [-0.2, -0.15) is 0 Å². The molecule has 1 N–H and O–H groups in total. The fourth-order valence-electron chi connectivity index (χ4n) is 3.36. The Morgan fingerprint density at radius 2 is 2.15 bits per heavy atom. The van der Waals surface area contributed by atoms with Crippen molar-refractivity contribution in [2.75, 3.05) is 11.9 Å². The summed E-state index contributed by atoms with van der Waals surface area (Å²) in [6.45, 7) is 2.34. The van der Waals surface area contributed by atoms with E-state index in [1.807, 2.05) is 16.0 Å². The van der Waals surface area contributed by atoms with Gasteiger partial charge in [0.15, 0.2) is 10.8 Å². The third-order valence-electron chi connectivity index (χ3n) is 4.77. The van der Waals surface area contributed by atoms with Gasteiger partial charge in [0.25, 0.3) is 0 Å². The second-order valence-corrected chi connectivity index (χ2v) is 6.66. The van der Waals surface area contributed by atoms with Crippen LogP contribution in [0.2, 0.25) is 0 Å². The molecule has 0 unspecified atom stereocenters. The lowest BCUT2D eigenvalue weighted by atomic mass is 9.84. The smallest absolute Gasteiger partial charge is 0.195 e. The minimum Gasteiger partial charge on any atom is -0.390 e. The Morgan fingerprint density at radius 3 is 2.80 bits per heavy atom. The number of nitrogens with zero attached hydrogens (tertiary/aromatic N) is 3. The van der Waals surface area contributed by atoms with Crippen LogP contribution in [0.15, 0.2) is 11.6 Å². The van der Waals surface area contributed by atoms with Crippen molar-refractivity contribution in [2.24, 2.45) is 5.92 Å². The molecule has 0 radical (unpaired) electrons. The van der Waals surface area contributed by atoms with Gasteiger partial charge in [-0.1, -0.05) is 13.3 Å². The van der Waals surface area contributed by atoms with E-state index in [1.165, 1.54) is 32.1 Å². The molecule has 3 rings (SSSR count). The van der Waals surface area contributed by atoms with Crippen molar-refractivity contribution >= 4 is 22.1 Å². The fraction of sp³-hybridized carbons (Fsp3) is 0.667. The van der Waals surface area contributed by atoms with E-state index in [2.05, 4.69) is 18.9 Å². The van der Waals surface area contributed by atoms with Crippen LogP contribution >= 0.6 is 11.3 Å². The Balaban J connectivity index is 1.81. The molecule has 0 aliphatic heterocycles. The highest BCUT2D eigenvalue weighted by molar-refractivity contribution is 7.15. The number of aromatic nitrogens is 2. The van der Waals surface area contributed by atoms with Crippen LogP contribution in [0, 0.1) is 5.92 Å². The number of hydrogen-bond donors (Lipinski definition) is 1. The van der Waals surface area contributed by atoms with Gasteiger partial charge in [-0.15, -0.1) is 11.3 Å². The molecule has 1 aliphatic rings.